The molecule has 1 unspecified atom stereocenters. The lowest BCUT2D eigenvalue weighted by Crippen LogP contribution is -2.37. The SMILES string of the molecule is CC1(C)O[C@H]2O[C@H](C3CO3)[C@H](O)[C@H]2O1. The quantitative estimate of drug-likeness (QED) is 0.587. The molecule has 80 valence electrons. The van der Waals surface area contributed by atoms with Crippen molar-refractivity contribution < 1.29 is 24.1 Å². The Morgan fingerprint density at radius 1 is 1.21 bits per heavy atom. The number of fused-ring (bicyclic) bond motifs is 1. The number of aliphatic hydroxyl groups is 1. The molecule has 3 heterocycles. The van der Waals surface area contributed by atoms with Gasteiger partial charge in [0, 0.05) is 0 Å². The van der Waals surface area contributed by atoms with Crippen LogP contribution in [0.2, 0.25) is 0 Å². The van der Waals surface area contributed by atoms with Crippen LogP contribution in [0.15, 0.2) is 0 Å². The molecule has 5 heteroatoms. The Morgan fingerprint density at radius 2 is 1.93 bits per heavy atom. The number of ether oxygens (including phenoxy) is 4. The first-order valence-corrected chi connectivity index (χ1v) is 4.88. The molecule has 14 heavy (non-hydrogen) atoms. The van der Waals surface area contributed by atoms with Crippen molar-refractivity contribution in [3.63, 3.8) is 0 Å². The highest BCUT2D eigenvalue weighted by Gasteiger charge is 2.58. The average molecular weight is 202 g/mol. The van der Waals surface area contributed by atoms with Gasteiger partial charge >= 0.3 is 0 Å². The van der Waals surface area contributed by atoms with Crippen LogP contribution in [0.4, 0.5) is 0 Å². The summed E-state index contributed by atoms with van der Waals surface area (Å²) in [6.07, 6.45) is -1.74. The molecule has 0 amide bonds. The summed E-state index contributed by atoms with van der Waals surface area (Å²) in [6.45, 7) is 4.28. The highest BCUT2D eigenvalue weighted by molar-refractivity contribution is 4.98. The number of epoxide rings is 1. The fraction of sp³-hybridized carbons (Fsp3) is 1.00. The molecule has 0 saturated carbocycles. The predicted octanol–water partition coefficient (Wildman–Crippen LogP) is -0.378. The molecule has 0 aromatic rings. The van der Waals surface area contributed by atoms with Gasteiger partial charge < -0.3 is 24.1 Å². The molecule has 0 aromatic carbocycles. The van der Waals surface area contributed by atoms with Gasteiger partial charge in [0.25, 0.3) is 0 Å². The smallest absolute Gasteiger partial charge is 0.190 e. The number of hydrogen-bond acceptors (Lipinski definition) is 5. The second-order valence-electron chi connectivity index (χ2n) is 4.43. The van der Waals surface area contributed by atoms with E-state index in [0.717, 1.165) is 0 Å². The fourth-order valence-electron chi connectivity index (χ4n) is 2.07. The van der Waals surface area contributed by atoms with Gasteiger partial charge in [-0.1, -0.05) is 0 Å². The van der Waals surface area contributed by atoms with Gasteiger partial charge in [-0.15, -0.1) is 0 Å². The van der Waals surface area contributed by atoms with Crippen LogP contribution in [0.25, 0.3) is 0 Å². The predicted molar refractivity (Wildman–Crippen MR) is 44.4 cm³/mol. The van der Waals surface area contributed by atoms with Crippen LogP contribution < -0.4 is 0 Å². The normalized spacial score (nSPS) is 54.6. The Hall–Kier alpha value is -0.200. The van der Waals surface area contributed by atoms with Gasteiger partial charge in [0.15, 0.2) is 12.1 Å². The van der Waals surface area contributed by atoms with E-state index in [1.165, 1.54) is 0 Å². The zero-order chi connectivity index (χ0) is 9.92. The van der Waals surface area contributed by atoms with Crippen molar-refractivity contribution in [3.05, 3.63) is 0 Å². The fourth-order valence-corrected chi connectivity index (χ4v) is 2.07. The van der Waals surface area contributed by atoms with E-state index in [1.54, 1.807) is 0 Å². The minimum atomic E-state index is -0.661. The number of aliphatic hydroxyl groups excluding tert-OH is 1. The summed E-state index contributed by atoms with van der Waals surface area (Å²) in [4.78, 5) is 0. The second kappa shape index (κ2) is 2.68. The van der Waals surface area contributed by atoms with Crippen LogP contribution in [-0.4, -0.2) is 48.2 Å². The molecule has 5 nitrogen and oxygen atoms in total. The molecule has 5 atom stereocenters. The monoisotopic (exact) mass is 202 g/mol. The van der Waals surface area contributed by atoms with E-state index in [-0.39, 0.29) is 18.3 Å². The van der Waals surface area contributed by atoms with E-state index >= 15 is 0 Å². The lowest BCUT2D eigenvalue weighted by Gasteiger charge is -2.21. The molecule has 0 aliphatic carbocycles. The topological polar surface area (TPSA) is 60.5 Å². The Bertz CT molecular complexity index is 248. The number of hydrogen-bond donors (Lipinski definition) is 1. The maximum absolute atomic E-state index is 9.89. The summed E-state index contributed by atoms with van der Waals surface area (Å²) in [5, 5.41) is 9.89. The first kappa shape index (κ1) is 9.06. The van der Waals surface area contributed by atoms with Gasteiger partial charge in [0.2, 0.25) is 0 Å². The minimum Gasteiger partial charge on any atom is -0.387 e. The number of rotatable bonds is 1. The van der Waals surface area contributed by atoms with Gasteiger partial charge in [-0.05, 0) is 13.8 Å². The van der Waals surface area contributed by atoms with Crippen molar-refractivity contribution in [2.45, 2.75) is 50.3 Å². The summed E-state index contributed by atoms with van der Waals surface area (Å²) in [6, 6.07) is 0. The van der Waals surface area contributed by atoms with Crippen LogP contribution in [0, 0.1) is 0 Å². The third-order valence-corrected chi connectivity index (χ3v) is 2.78. The molecule has 3 aliphatic heterocycles. The second-order valence-corrected chi connectivity index (χ2v) is 4.43. The molecule has 3 fully saturated rings. The summed E-state index contributed by atoms with van der Waals surface area (Å²) < 4.78 is 21.7. The summed E-state index contributed by atoms with van der Waals surface area (Å²) in [5.41, 5.74) is 0. The van der Waals surface area contributed by atoms with E-state index in [0.29, 0.717) is 6.61 Å². The van der Waals surface area contributed by atoms with Crippen molar-refractivity contribution in [1.29, 1.82) is 0 Å². The van der Waals surface area contributed by atoms with Gasteiger partial charge in [-0.2, -0.15) is 0 Å². The third-order valence-electron chi connectivity index (χ3n) is 2.78. The van der Waals surface area contributed by atoms with E-state index < -0.39 is 18.2 Å². The zero-order valence-corrected chi connectivity index (χ0v) is 8.17. The van der Waals surface area contributed by atoms with Crippen molar-refractivity contribution in [3.8, 4) is 0 Å². The largest absolute Gasteiger partial charge is 0.387 e. The van der Waals surface area contributed by atoms with Crippen molar-refractivity contribution >= 4 is 0 Å². The standard InChI is InChI=1S/C9H14O5/c1-9(2)13-7-5(10)6(4-3-11-4)12-8(7)14-9/h4-8,10H,3H2,1-2H3/t4?,5-,6+,7+,8+/m0/s1. The molecule has 3 aliphatic rings. The van der Waals surface area contributed by atoms with Gasteiger partial charge in [-0.3, -0.25) is 0 Å². The van der Waals surface area contributed by atoms with E-state index in [4.69, 9.17) is 18.9 Å². The maximum Gasteiger partial charge on any atom is 0.190 e. The Balaban J connectivity index is 1.74. The lowest BCUT2D eigenvalue weighted by molar-refractivity contribution is -0.216. The molecule has 3 rings (SSSR count). The molecular formula is C9H14O5. The van der Waals surface area contributed by atoms with Crippen molar-refractivity contribution in [2.24, 2.45) is 0 Å². The third kappa shape index (κ3) is 1.28. The van der Waals surface area contributed by atoms with Crippen LogP contribution >= 0.6 is 0 Å². The molecular weight excluding hydrogens is 188 g/mol. The summed E-state index contributed by atoms with van der Waals surface area (Å²) in [5.74, 6) is -0.661. The van der Waals surface area contributed by atoms with Crippen LogP contribution in [0.3, 0.4) is 0 Å². The minimum absolute atomic E-state index is 0.0194. The molecule has 0 spiro atoms. The van der Waals surface area contributed by atoms with Crippen LogP contribution in [0.5, 0.6) is 0 Å². The molecule has 1 N–H and O–H groups in total. The molecule has 0 radical (unpaired) electrons. The highest BCUT2D eigenvalue weighted by Crippen LogP contribution is 2.40. The average Bonchev–Trinajstić information content (AvgIpc) is 2.81. The lowest BCUT2D eigenvalue weighted by atomic mass is 10.1. The zero-order valence-electron chi connectivity index (χ0n) is 8.17. The Kier molecular flexibility index (Phi) is 1.73. The molecule has 3 saturated heterocycles. The first-order chi connectivity index (χ1) is 6.57. The molecule has 0 aromatic heterocycles. The van der Waals surface area contributed by atoms with Gasteiger partial charge in [0.1, 0.15) is 24.4 Å². The first-order valence-electron chi connectivity index (χ1n) is 4.88. The molecule has 0 bridgehead atoms. The summed E-state index contributed by atoms with van der Waals surface area (Å²) >= 11 is 0. The Morgan fingerprint density at radius 3 is 2.50 bits per heavy atom. The van der Waals surface area contributed by atoms with Crippen LogP contribution in [0.1, 0.15) is 13.8 Å². The highest BCUT2D eigenvalue weighted by atomic mass is 16.8. The van der Waals surface area contributed by atoms with Gasteiger partial charge in [0.05, 0.1) is 6.61 Å². The van der Waals surface area contributed by atoms with Gasteiger partial charge in [-0.25, -0.2) is 0 Å². The Labute approximate surface area is 81.9 Å². The maximum atomic E-state index is 9.89. The van der Waals surface area contributed by atoms with E-state index in [1.807, 2.05) is 13.8 Å². The summed E-state index contributed by atoms with van der Waals surface area (Å²) in [7, 11) is 0. The van der Waals surface area contributed by atoms with E-state index in [2.05, 4.69) is 0 Å². The van der Waals surface area contributed by atoms with Crippen molar-refractivity contribution in [2.75, 3.05) is 6.61 Å². The van der Waals surface area contributed by atoms with Crippen LogP contribution in [-0.2, 0) is 18.9 Å². The van der Waals surface area contributed by atoms with Crippen molar-refractivity contribution in [1.82, 2.24) is 0 Å². The van der Waals surface area contributed by atoms with E-state index in [9.17, 15) is 5.11 Å².